The summed E-state index contributed by atoms with van der Waals surface area (Å²) in [5.74, 6) is -0.345. The zero-order valence-corrected chi connectivity index (χ0v) is 21.2. The maximum atomic E-state index is 12.7. The van der Waals surface area contributed by atoms with Gasteiger partial charge in [-0.25, -0.2) is 9.78 Å². The maximum Gasteiger partial charge on any atom is 0.407 e. The Morgan fingerprint density at radius 1 is 1.03 bits per heavy atom. The smallest absolute Gasteiger partial charge is 0.407 e. The van der Waals surface area contributed by atoms with Crippen LogP contribution in [0.5, 0.6) is 0 Å². The Labute approximate surface area is 219 Å². The molecule has 0 bridgehead atoms. The number of nitrogens with one attached hydrogen (secondary N) is 1. The highest BCUT2D eigenvalue weighted by molar-refractivity contribution is 7.14. The molecular formula is C28H29N5O3S. The van der Waals surface area contributed by atoms with E-state index in [4.69, 9.17) is 11.5 Å². The van der Waals surface area contributed by atoms with Crippen LogP contribution in [0.2, 0.25) is 0 Å². The predicted molar refractivity (Wildman–Crippen MR) is 148 cm³/mol. The Balaban J connectivity index is 0.000000342. The largest absolute Gasteiger partial charge is 0.465 e. The van der Waals surface area contributed by atoms with Crippen LogP contribution in [0.25, 0.3) is 0 Å². The second-order valence-electron chi connectivity index (χ2n) is 8.71. The van der Waals surface area contributed by atoms with E-state index in [-0.39, 0.29) is 11.9 Å². The molecule has 4 aromatic rings. The lowest BCUT2D eigenvalue weighted by atomic mass is 9.98. The molecule has 2 heterocycles. The summed E-state index contributed by atoms with van der Waals surface area (Å²) in [6, 6.07) is 24.2. The predicted octanol–water partition coefficient (Wildman–Crippen LogP) is 5.37. The number of nitrogens with two attached hydrogens (primary N) is 2. The van der Waals surface area contributed by atoms with Crippen molar-refractivity contribution in [2.45, 2.75) is 25.8 Å². The van der Waals surface area contributed by atoms with E-state index in [0.717, 1.165) is 21.8 Å². The molecule has 9 heteroatoms. The number of carbonyl (C=O) groups excluding carboxylic acids is 1. The normalized spacial score (nSPS) is 14.2. The molecule has 190 valence electrons. The molecule has 0 radical (unpaired) electrons. The summed E-state index contributed by atoms with van der Waals surface area (Å²) in [5.41, 5.74) is 16.2. The molecule has 1 unspecified atom stereocenters. The van der Waals surface area contributed by atoms with E-state index >= 15 is 0 Å². The van der Waals surface area contributed by atoms with Gasteiger partial charge >= 0.3 is 6.09 Å². The van der Waals surface area contributed by atoms with Crippen molar-refractivity contribution in [3.05, 3.63) is 106 Å². The fourth-order valence-electron chi connectivity index (χ4n) is 4.05. The number of aromatic nitrogens is 1. The minimum atomic E-state index is -0.965. The Bertz CT molecular complexity index is 1350. The minimum Gasteiger partial charge on any atom is -0.465 e. The average molecular weight is 516 g/mol. The highest BCUT2D eigenvalue weighted by atomic mass is 32.1. The molecule has 0 spiro atoms. The van der Waals surface area contributed by atoms with Gasteiger partial charge in [0.1, 0.15) is 0 Å². The van der Waals surface area contributed by atoms with Gasteiger partial charge in [0.2, 0.25) is 0 Å². The van der Waals surface area contributed by atoms with Crippen LogP contribution in [0.4, 0.5) is 21.9 Å². The molecule has 1 aliphatic heterocycles. The van der Waals surface area contributed by atoms with Gasteiger partial charge in [-0.15, -0.1) is 11.3 Å². The number of anilines is 3. The lowest BCUT2D eigenvalue weighted by molar-refractivity contribution is 0.102. The van der Waals surface area contributed by atoms with Gasteiger partial charge in [-0.05, 0) is 43.2 Å². The molecule has 37 heavy (non-hydrogen) atoms. The van der Waals surface area contributed by atoms with Gasteiger partial charge in [-0.3, -0.25) is 9.69 Å². The summed E-state index contributed by atoms with van der Waals surface area (Å²) in [6.45, 7) is 2.40. The number of thiazole rings is 1. The first-order chi connectivity index (χ1) is 17.8. The summed E-state index contributed by atoms with van der Waals surface area (Å²) in [6.07, 6.45) is 0.0622. The number of hydrogen-bond acceptors (Lipinski definition) is 6. The zero-order valence-electron chi connectivity index (χ0n) is 20.4. The van der Waals surface area contributed by atoms with Crippen molar-refractivity contribution in [3.8, 4) is 0 Å². The number of nitrogens with zero attached hydrogens (tertiary/aromatic N) is 2. The molecule has 5 rings (SSSR count). The quantitative estimate of drug-likeness (QED) is 0.270. The third-order valence-electron chi connectivity index (χ3n) is 5.99. The lowest BCUT2D eigenvalue weighted by Crippen LogP contribution is -2.39. The second-order valence-corrected chi connectivity index (χ2v) is 9.74. The van der Waals surface area contributed by atoms with Gasteiger partial charge in [0, 0.05) is 18.7 Å². The third kappa shape index (κ3) is 6.45. The fourth-order valence-corrected chi connectivity index (χ4v) is 5.17. The number of amides is 2. The van der Waals surface area contributed by atoms with Crippen molar-refractivity contribution >= 4 is 40.4 Å². The van der Waals surface area contributed by atoms with E-state index in [1.807, 2.05) is 61.5 Å². The molecule has 3 aromatic carbocycles. The number of carboxylic acid groups (broad SMARTS) is 1. The number of rotatable bonds is 4. The van der Waals surface area contributed by atoms with Gasteiger partial charge in [0.05, 0.1) is 28.0 Å². The Morgan fingerprint density at radius 3 is 2.35 bits per heavy atom. The molecule has 2 amide bonds. The van der Waals surface area contributed by atoms with Crippen molar-refractivity contribution < 1.29 is 14.7 Å². The molecule has 1 atom stereocenters. The summed E-state index contributed by atoms with van der Waals surface area (Å²) >= 11 is 1.25. The van der Waals surface area contributed by atoms with Crippen LogP contribution in [-0.4, -0.2) is 33.5 Å². The van der Waals surface area contributed by atoms with E-state index in [2.05, 4.69) is 10.3 Å². The van der Waals surface area contributed by atoms with Crippen molar-refractivity contribution in [2.24, 2.45) is 0 Å². The first-order valence-corrected chi connectivity index (χ1v) is 12.6. The average Bonchev–Trinajstić information content (AvgIpc) is 3.33. The highest BCUT2D eigenvalue weighted by Crippen LogP contribution is 2.37. The molecule has 0 saturated heterocycles. The van der Waals surface area contributed by atoms with Crippen LogP contribution in [0.15, 0.2) is 78.9 Å². The Kier molecular flexibility index (Phi) is 8.05. The second kappa shape index (κ2) is 11.6. The van der Waals surface area contributed by atoms with Crippen LogP contribution in [0.3, 0.4) is 0 Å². The van der Waals surface area contributed by atoms with Crippen LogP contribution in [-0.2, 0) is 12.8 Å². The molecule has 1 aliphatic rings. The number of carbonyl (C=O) groups is 2. The molecule has 0 saturated carbocycles. The van der Waals surface area contributed by atoms with E-state index in [1.165, 1.54) is 21.8 Å². The molecular weight excluding hydrogens is 486 g/mol. The topological polar surface area (TPSA) is 135 Å². The third-order valence-corrected chi connectivity index (χ3v) is 7.19. The summed E-state index contributed by atoms with van der Waals surface area (Å²) < 4.78 is 0. The number of nitrogen functional groups attached to an aromatic ring is 2. The van der Waals surface area contributed by atoms with E-state index in [9.17, 15) is 14.7 Å². The number of para-hydroxylation sites is 2. The van der Waals surface area contributed by atoms with Crippen molar-refractivity contribution in [1.82, 2.24) is 9.88 Å². The van der Waals surface area contributed by atoms with Gasteiger partial charge in [0.25, 0.3) is 5.91 Å². The van der Waals surface area contributed by atoms with Gasteiger partial charge in [-0.1, -0.05) is 60.2 Å². The van der Waals surface area contributed by atoms with Crippen LogP contribution >= 0.6 is 11.3 Å². The van der Waals surface area contributed by atoms with E-state index in [1.54, 1.807) is 24.3 Å². The standard InChI is InChI=1S/C21H20N4O3S.C7H9N/c22-14-8-4-5-9-15(14)23-19(26)20-24-16-10-11-25(21(27)28)17(18(16)29-20)12-13-6-2-1-3-7-13;1-6-2-4-7(8)5-3-6/h1-9,17H,10-12,22H2,(H,23,26)(H,27,28);2-5H,8H2,1H3. The fraction of sp³-hybridized carbons (Fsp3) is 0.179. The molecule has 0 fully saturated rings. The molecule has 8 nitrogen and oxygen atoms in total. The highest BCUT2D eigenvalue weighted by Gasteiger charge is 2.34. The number of fused-ring (bicyclic) bond motifs is 1. The Morgan fingerprint density at radius 2 is 1.70 bits per heavy atom. The van der Waals surface area contributed by atoms with Crippen molar-refractivity contribution in [3.63, 3.8) is 0 Å². The first-order valence-electron chi connectivity index (χ1n) is 11.8. The molecule has 0 aliphatic carbocycles. The first kappa shape index (κ1) is 25.7. The van der Waals surface area contributed by atoms with Crippen LogP contribution < -0.4 is 16.8 Å². The summed E-state index contributed by atoms with van der Waals surface area (Å²) in [7, 11) is 0. The SMILES string of the molecule is Cc1ccc(N)cc1.Nc1ccccc1NC(=O)c1nc2c(s1)C(Cc1ccccc1)N(C(=O)O)CC2. The monoisotopic (exact) mass is 515 g/mol. The van der Waals surface area contributed by atoms with Gasteiger partial charge in [-0.2, -0.15) is 0 Å². The minimum absolute atomic E-state index is 0.309. The van der Waals surface area contributed by atoms with Crippen molar-refractivity contribution in [2.75, 3.05) is 23.3 Å². The number of benzene rings is 3. The van der Waals surface area contributed by atoms with Crippen LogP contribution in [0, 0.1) is 6.92 Å². The van der Waals surface area contributed by atoms with E-state index < -0.39 is 6.09 Å². The number of hydrogen-bond donors (Lipinski definition) is 4. The molecule has 1 aromatic heterocycles. The zero-order chi connectivity index (χ0) is 26.4. The summed E-state index contributed by atoms with van der Waals surface area (Å²) in [4.78, 5) is 31.3. The van der Waals surface area contributed by atoms with E-state index in [0.29, 0.717) is 35.8 Å². The maximum absolute atomic E-state index is 12.7. The number of aryl methyl sites for hydroxylation is 1. The van der Waals surface area contributed by atoms with Gasteiger partial charge < -0.3 is 21.9 Å². The lowest BCUT2D eigenvalue weighted by Gasteiger charge is -2.32. The van der Waals surface area contributed by atoms with Crippen LogP contribution in [0.1, 0.15) is 37.5 Å². The van der Waals surface area contributed by atoms with Crippen molar-refractivity contribution in [1.29, 1.82) is 0 Å². The van der Waals surface area contributed by atoms with Gasteiger partial charge in [0.15, 0.2) is 5.01 Å². The Hall–Kier alpha value is -4.37. The molecule has 6 N–H and O–H groups in total. The summed E-state index contributed by atoms with van der Waals surface area (Å²) in [5, 5.41) is 12.8.